The average Bonchev–Trinajstić information content (AvgIpc) is 2.46. The molecule has 1 aliphatic heterocycles. The zero-order chi connectivity index (χ0) is 14.4. The Morgan fingerprint density at radius 3 is 2.60 bits per heavy atom. The summed E-state index contributed by atoms with van der Waals surface area (Å²) in [5, 5.41) is 9.94. The number of β-amino-alcohol motifs (C(OH)–C–C–N with tert-alkyl or cyclic N) is 1. The van der Waals surface area contributed by atoms with Crippen LogP contribution in [0, 0.1) is 0 Å². The third kappa shape index (κ3) is 4.59. The van der Waals surface area contributed by atoms with Crippen LogP contribution in [0.25, 0.3) is 0 Å². The first-order chi connectivity index (χ1) is 9.65. The lowest BCUT2D eigenvalue weighted by Gasteiger charge is -2.28. The van der Waals surface area contributed by atoms with Gasteiger partial charge in [0, 0.05) is 25.2 Å². The molecule has 0 amide bonds. The number of ether oxygens (including phenoxy) is 2. The van der Waals surface area contributed by atoms with Crippen molar-refractivity contribution < 1.29 is 19.4 Å². The van der Waals surface area contributed by atoms with E-state index in [1.807, 2.05) is 0 Å². The zero-order valence-corrected chi connectivity index (χ0v) is 11.7. The summed E-state index contributed by atoms with van der Waals surface area (Å²) in [6, 6.07) is 6.95. The van der Waals surface area contributed by atoms with Crippen LogP contribution in [0.4, 0.5) is 0 Å². The number of nitrogens with zero attached hydrogens (tertiary/aromatic N) is 1. The Hall–Kier alpha value is -1.43. The molecule has 0 aromatic heterocycles. The Labute approximate surface area is 119 Å². The van der Waals surface area contributed by atoms with Crippen molar-refractivity contribution in [1.29, 1.82) is 0 Å². The van der Waals surface area contributed by atoms with E-state index < -0.39 is 6.10 Å². The Kier molecular flexibility index (Phi) is 5.52. The number of rotatable bonds is 6. The molecule has 1 N–H and O–H groups in total. The Morgan fingerprint density at radius 1 is 1.35 bits per heavy atom. The number of carbonyl (C=O) groups excluding carboxylic acids is 1. The van der Waals surface area contributed by atoms with Crippen LogP contribution < -0.4 is 4.74 Å². The predicted molar refractivity (Wildman–Crippen MR) is 75.2 cm³/mol. The fourth-order valence-corrected chi connectivity index (χ4v) is 2.11. The molecule has 1 saturated heterocycles. The molecular formula is C15H21NO4. The van der Waals surface area contributed by atoms with Gasteiger partial charge >= 0.3 is 0 Å². The molecule has 1 aromatic carbocycles. The largest absolute Gasteiger partial charge is 0.491 e. The minimum absolute atomic E-state index is 0.0314. The molecule has 0 bridgehead atoms. The minimum atomic E-state index is -0.527. The van der Waals surface area contributed by atoms with Crippen molar-refractivity contribution in [2.75, 3.05) is 39.5 Å². The second kappa shape index (κ2) is 7.38. The first-order valence-corrected chi connectivity index (χ1v) is 6.87. The highest BCUT2D eigenvalue weighted by atomic mass is 16.5. The molecular weight excluding hydrogens is 258 g/mol. The van der Waals surface area contributed by atoms with E-state index in [-0.39, 0.29) is 12.4 Å². The molecule has 1 fully saturated rings. The van der Waals surface area contributed by atoms with Gasteiger partial charge in [-0.15, -0.1) is 0 Å². The maximum Gasteiger partial charge on any atom is 0.159 e. The fourth-order valence-electron chi connectivity index (χ4n) is 2.11. The molecule has 0 spiro atoms. The van der Waals surface area contributed by atoms with E-state index in [4.69, 9.17) is 9.47 Å². The van der Waals surface area contributed by atoms with Crippen molar-refractivity contribution in [3.8, 4) is 5.75 Å². The van der Waals surface area contributed by atoms with Gasteiger partial charge in [-0.25, -0.2) is 0 Å². The van der Waals surface area contributed by atoms with Gasteiger partial charge in [0.05, 0.1) is 13.2 Å². The fraction of sp³-hybridized carbons (Fsp3) is 0.533. The number of carbonyl (C=O) groups is 1. The minimum Gasteiger partial charge on any atom is -0.491 e. The van der Waals surface area contributed by atoms with Crippen LogP contribution in [-0.2, 0) is 4.74 Å². The van der Waals surface area contributed by atoms with E-state index >= 15 is 0 Å². The van der Waals surface area contributed by atoms with Crippen molar-refractivity contribution in [3.63, 3.8) is 0 Å². The summed E-state index contributed by atoms with van der Waals surface area (Å²) in [6.07, 6.45) is -0.527. The summed E-state index contributed by atoms with van der Waals surface area (Å²) in [5.41, 5.74) is 0.659. The lowest BCUT2D eigenvalue weighted by atomic mass is 10.1. The van der Waals surface area contributed by atoms with Gasteiger partial charge in [0.1, 0.15) is 18.5 Å². The summed E-state index contributed by atoms with van der Waals surface area (Å²) in [6.45, 7) is 5.52. The molecule has 0 aliphatic carbocycles. The molecule has 1 aromatic rings. The van der Waals surface area contributed by atoms with Crippen LogP contribution in [0.3, 0.4) is 0 Å². The highest BCUT2D eigenvalue weighted by Gasteiger charge is 2.15. The maximum absolute atomic E-state index is 11.1. The van der Waals surface area contributed by atoms with E-state index in [2.05, 4.69) is 4.90 Å². The summed E-state index contributed by atoms with van der Waals surface area (Å²) in [7, 11) is 0. The topological polar surface area (TPSA) is 59.0 Å². The summed E-state index contributed by atoms with van der Waals surface area (Å²) >= 11 is 0. The molecule has 0 radical (unpaired) electrons. The molecule has 1 heterocycles. The van der Waals surface area contributed by atoms with Crippen molar-refractivity contribution in [2.24, 2.45) is 0 Å². The predicted octanol–water partition coefficient (Wildman–Crippen LogP) is 0.961. The number of Topliss-reactive ketones (excluding diaryl/α,β-unsaturated/α-hetero) is 1. The van der Waals surface area contributed by atoms with Gasteiger partial charge in [-0.3, -0.25) is 9.69 Å². The summed E-state index contributed by atoms with van der Waals surface area (Å²) < 4.78 is 10.8. The van der Waals surface area contributed by atoms with E-state index in [1.54, 1.807) is 24.3 Å². The van der Waals surface area contributed by atoms with Crippen LogP contribution in [0.2, 0.25) is 0 Å². The quantitative estimate of drug-likeness (QED) is 0.786. The first kappa shape index (κ1) is 15.0. The number of aliphatic hydroxyl groups is 1. The van der Waals surface area contributed by atoms with Gasteiger partial charge in [-0.05, 0) is 31.2 Å². The number of hydrogen-bond acceptors (Lipinski definition) is 5. The van der Waals surface area contributed by atoms with Crippen LogP contribution >= 0.6 is 0 Å². The molecule has 5 heteroatoms. The van der Waals surface area contributed by atoms with Crippen LogP contribution in [-0.4, -0.2) is 61.3 Å². The molecule has 0 unspecified atom stereocenters. The Balaban J connectivity index is 1.74. The molecule has 1 atom stereocenters. The number of morpholine rings is 1. The third-order valence-corrected chi connectivity index (χ3v) is 3.28. The average molecular weight is 279 g/mol. The van der Waals surface area contributed by atoms with Gasteiger partial charge < -0.3 is 14.6 Å². The third-order valence-electron chi connectivity index (χ3n) is 3.28. The highest BCUT2D eigenvalue weighted by Crippen LogP contribution is 2.13. The number of hydrogen-bond donors (Lipinski definition) is 1. The maximum atomic E-state index is 11.1. The van der Waals surface area contributed by atoms with Gasteiger partial charge in [0.15, 0.2) is 5.78 Å². The second-order valence-electron chi connectivity index (χ2n) is 4.96. The lowest BCUT2D eigenvalue weighted by Crippen LogP contribution is -2.42. The van der Waals surface area contributed by atoms with Crippen LogP contribution in [0.1, 0.15) is 17.3 Å². The van der Waals surface area contributed by atoms with Crippen molar-refractivity contribution in [3.05, 3.63) is 29.8 Å². The monoisotopic (exact) mass is 279 g/mol. The van der Waals surface area contributed by atoms with Crippen LogP contribution in [0.15, 0.2) is 24.3 Å². The van der Waals surface area contributed by atoms with Crippen molar-refractivity contribution >= 4 is 5.78 Å². The lowest BCUT2D eigenvalue weighted by molar-refractivity contribution is 0.00465. The number of benzene rings is 1. The van der Waals surface area contributed by atoms with E-state index in [0.29, 0.717) is 17.9 Å². The van der Waals surface area contributed by atoms with Gasteiger partial charge in [-0.2, -0.15) is 0 Å². The van der Waals surface area contributed by atoms with Gasteiger partial charge in [-0.1, -0.05) is 0 Å². The van der Waals surface area contributed by atoms with E-state index in [9.17, 15) is 9.90 Å². The summed E-state index contributed by atoms with van der Waals surface area (Å²) in [4.78, 5) is 13.3. The van der Waals surface area contributed by atoms with E-state index in [0.717, 1.165) is 26.3 Å². The standard InChI is InChI=1S/C15H21NO4/c1-12(17)13-2-4-15(5-3-13)20-11-14(18)10-16-6-8-19-9-7-16/h2-5,14,18H,6-11H2,1H3/t14-/m0/s1. The molecule has 0 saturated carbocycles. The number of aliphatic hydroxyl groups excluding tert-OH is 1. The smallest absolute Gasteiger partial charge is 0.159 e. The molecule has 20 heavy (non-hydrogen) atoms. The number of ketones is 1. The van der Waals surface area contributed by atoms with Crippen LogP contribution in [0.5, 0.6) is 5.75 Å². The first-order valence-electron chi connectivity index (χ1n) is 6.87. The van der Waals surface area contributed by atoms with E-state index in [1.165, 1.54) is 6.92 Å². The second-order valence-corrected chi connectivity index (χ2v) is 4.96. The Bertz CT molecular complexity index is 426. The zero-order valence-electron chi connectivity index (χ0n) is 11.7. The van der Waals surface area contributed by atoms with Crippen molar-refractivity contribution in [2.45, 2.75) is 13.0 Å². The van der Waals surface area contributed by atoms with Crippen molar-refractivity contribution in [1.82, 2.24) is 4.90 Å². The highest BCUT2D eigenvalue weighted by molar-refractivity contribution is 5.94. The van der Waals surface area contributed by atoms with Gasteiger partial charge in [0.2, 0.25) is 0 Å². The molecule has 1 aliphatic rings. The molecule has 5 nitrogen and oxygen atoms in total. The summed E-state index contributed by atoms with van der Waals surface area (Å²) in [5.74, 6) is 0.694. The SMILES string of the molecule is CC(=O)c1ccc(OC[C@@H](O)CN2CCOCC2)cc1. The van der Waals surface area contributed by atoms with Gasteiger partial charge in [0.25, 0.3) is 0 Å². The normalized spacial score (nSPS) is 17.7. The molecule has 2 rings (SSSR count). The molecule has 110 valence electrons. The Morgan fingerprint density at radius 2 is 2.00 bits per heavy atom.